The summed E-state index contributed by atoms with van der Waals surface area (Å²) in [6.07, 6.45) is -0.138. The molecule has 0 fully saturated rings. The molecule has 0 bridgehead atoms. The van der Waals surface area contributed by atoms with E-state index in [2.05, 4.69) is 15.9 Å². The number of ether oxygens (including phenoxy) is 3. The van der Waals surface area contributed by atoms with Crippen molar-refractivity contribution in [1.29, 1.82) is 0 Å². The number of hydrogen-bond acceptors (Lipinski definition) is 5. The Morgan fingerprint density at radius 2 is 1.72 bits per heavy atom. The molecular weight excluding hydrogens is 395 g/mol. The third kappa shape index (κ3) is 5.03. The number of esters is 1. The van der Waals surface area contributed by atoms with Crippen molar-refractivity contribution in [2.24, 2.45) is 0 Å². The highest BCUT2D eigenvalue weighted by atomic mass is 79.9. The fourth-order valence-electron chi connectivity index (χ4n) is 2.11. The molecule has 5 nitrogen and oxygen atoms in total. The van der Waals surface area contributed by atoms with Crippen molar-refractivity contribution < 1.29 is 28.2 Å². The van der Waals surface area contributed by atoms with Crippen LogP contribution in [0.15, 0.2) is 40.9 Å². The fraction of sp³-hybridized carbons (Fsp3) is 0.222. The monoisotopic (exact) mass is 410 g/mol. The number of carbonyl (C=O) groups is 2. The van der Waals surface area contributed by atoms with Gasteiger partial charge in [0, 0.05) is 5.56 Å². The standard InChI is InChI=1S/C18H16BrFO5/c1-23-16-6-4-12(9-13(16)19)15(21)10-25-18(22)8-11-3-5-17(24-2)14(20)7-11/h3-7,9H,8,10H2,1-2H3. The van der Waals surface area contributed by atoms with E-state index < -0.39 is 18.4 Å². The zero-order valence-corrected chi connectivity index (χ0v) is 15.3. The largest absolute Gasteiger partial charge is 0.496 e. The molecule has 0 amide bonds. The van der Waals surface area contributed by atoms with Crippen LogP contribution in [0.1, 0.15) is 15.9 Å². The van der Waals surface area contributed by atoms with Crippen molar-refractivity contribution in [2.75, 3.05) is 20.8 Å². The number of benzene rings is 2. The third-order valence-electron chi connectivity index (χ3n) is 3.40. The molecule has 0 N–H and O–H groups in total. The van der Waals surface area contributed by atoms with Gasteiger partial charge in [-0.05, 0) is 51.8 Å². The van der Waals surface area contributed by atoms with Crippen LogP contribution in [0.5, 0.6) is 11.5 Å². The van der Waals surface area contributed by atoms with Crippen LogP contribution in [0.25, 0.3) is 0 Å². The van der Waals surface area contributed by atoms with Gasteiger partial charge in [0.05, 0.1) is 25.1 Å². The van der Waals surface area contributed by atoms with E-state index in [0.717, 1.165) is 0 Å². The lowest BCUT2D eigenvalue weighted by Crippen LogP contribution is -2.15. The Bertz CT molecular complexity index is 791. The molecule has 0 unspecified atom stereocenters. The lowest BCUT2D eigenvalue weighted by Gasteiger charge is -2.08. The molecule has 0 aliphatic carbocycles. The van der Waals surface area contributed by atoms with Gasteiger partial charge >= 0.3 is 5.97 Å². The maximum atomic E-state index is 13.6. The second kappa shape index (κ2) is 8.62. The van der Waals surface area contributed by atoms with Crippen molar-refractivity contribution >= 4 is 27.7 Å². The van der Waals surface area contributed by atoms with Crippen molar-refractivity contribution in [3.05, 3.63) is 57.8 Å². The summed E-state index contributed by atoms with van der Waals surface area (Å²) >= 11 is 3.29. The molecule has 0 saturated carbocycles. The summed E-state index contributed by atoms with van der Waals surface area (Å²) < 4.78 is 29.1. The summed E-state index contributed by atoms with van der Waals surface area (Å²) in [5, 5.41) is 0. The van der Waals surface area contributed by atoms with Gasteiger partial charge in [-0.3, -0.25) is 9.59 Å². The first-order chi connectivity index (χ1) is 11.9. The van der Waals surface area contributed by atoms with Crippen molar-refractivity contribution in [1.82, 2.24) is 0 Å². The summed E-state index contributed by atoms with van der Waals surface area (Å²) in [4.78, 5) is 23.9. The quantitative estimate of drug-likeness (QED) is 0.515. The SMILES string of the molecule is COc1ccc(CC(=O)OCC(=O)c2ccc(OC)c(Br)c2)cc1F. The maximum Gasteiger partial charge on any atom is 0.310 e. The van der Waals surface area contributed by atoms with Crippen molar-refractivity contribution in [3.8, 4) is 11.5 Å². The summed E-state index contributed by atoms with van der Waals surface area (Å²) in [5.74, 6) is -0.845. The summed E-state index contributed by atoms with van der Waals surface area (Å²) in [7, 11) is 2.88. The minimum Gasteiger partial charge on any atom is -0.496 e. The number of Topliss-reactive ketones (excluding diaryl/α,β-unsaturated/α-hetero) is 1. The Kier molecular flexibility index (Phi) is 6.52. The number of halogens is 2. The molecule has 2 aromatic carbocycles. The van der Waals surface area contributed by atoms with Crippen LogP contribution < -0.4 is 9.47 Å². The zero-order valence-electron chi connectivity index (χ0n) is 13.7. The number of rotatable bonds is 7. The average Bonchev–Trinajstić information content (AvgIpc) is 2.59. The van der Waals surface area contributed by atoms with Crippen LogP contribution in [0.2, 0.25) is 0 Å². The molecule has 0 aliphatic rings. The average molecular weight is 411 g/mol. The number of methoxy groups -OCH3 is 2. The molecule has 0 heterocycles. The van der Waals surface area contributed by atoms with Gasteiger partial charge in [0.15, 0.2) is 24.0 Å². The first-order valence-electron chi connectivity index (χ1n) is 7.29. The summed E-state index contributed by atoms with van der Waals surface area (Å²) in [5.41, 5.74) is 0.818. The summed E-state index contributed by atoms with van der Waals surface area (Å²) in [6, 6.07) is 9.00. The van der Waals surface area contributed by atoms with Crippen LogP contribution in [0.3, 0.4) is 0 Å². The number of carbonyl (C=O) groups excluding carboxylic acids is 2. The highest BCUT2D eigenvalue weighted by molar-refractivity contribution is 9.10. The topological polar surface area (TPSA) is 61.8 Å². The Labute approximate surface area is 152 Å². The van der Waals surface area contributed by atoms with Crippen molar-refractivity contribution in [2.45, 2.75) is 6.42 Å². The van der Waals surface area contributed by atoms with E-state index in [1.807, 2.05) is 0 Å². The first-order valence-corrected chi connectivity index (χ1v) is 8.08. The minimum atomic E-state index is -0.620. The molecule has 25 heavy (non-hydrogen) atoms. The van der Waals surface area contributed by atoms with Crippen molar-refractivity contribution in [3.63, 3.8) is 0 Å². The molecule has 132 valence electrons. The van der Waals surface area contributed by atoms with E-state index in [1.165, 1.54) is 26.4 Å². The van der Waals surface area contributed by atoms with Crippen LogP contribution in [0, 0.1) is 5.82 Å². The molecule has 0 spiro atoms. The lowest BCUT2D eigenvalue weighted by molar-refractivity contribution is -0.141. The molecule has 0 radical (unpaired) electrons. The Hall–Kier alpha value is -2.41. The van der Waals surface area contributed by atoms with Gasteiger partial charge in [0.1, 0.15) is 5.75 Å². The predicted molar refractivity (Wildman–Crippen MR) is 92.6 cm³/mol. The molecule has 0 aliphatic heterocycles. The summed E-state index contributed by atoms with van der Waals surface area (Å²) in [6.45, 7) is -0.393. The smallest absolute Gasteiger partial charge is 0.310 e. The van der Waals surface area contributed by atoms with E-state index in [0.29, 0.717) is 21.3 Å². The van der Waals surface area contributed by atoms with E-state index in [-0.39, 0.29) is 18.0 Å². The molecule has 2 aromatic rings. The van der Waals surface area contributed by atoms with Gasteiger partial charge in [0.25, 0.3) is 0 Å². The molecule has 2 rings (SSSR count). The third-order valence-corrected chi connectivity index (χ3v) is 4.02. The number of hydrogen-bond donors (Lipinski definition) is 0. The van der Waals surface area contributed by atoms with Gasteiger partial charge in [-0.25, -0.2) is 4.39 Å². The fourth-order valence-corrected chi connectivity index (χ4v) is 2.65. The minimum absolute atomic E-state index is 0.0948. The van der Waals surface area contributed by atoms with Gasteiger partial charge in [-0.2, -0.15) is 0 Å². The van der Waals surface area contributed by atoms with E-state index in [4.69, 9.17) is 14.2 Å². The van der Waals surface area contributed by atoms with Gasteiger partial charge in [0.2, 0.25) is 0 Å². The highest BCUT2D eigenvalue weighted by Gasteiger charge is 2.13. The highest BCUT2D eigenvalue weighted by Crippen LogP contribution is 2.25. The zero-order chi connectivity index (χ0) is 18.4. The molecule has 0 saturated heterocycles. The van der Waals surface area contributed by atoms with Crippen LogP contribution in [-0.2, 0) is 16.0 Å². The van der Waals surface area contributed by atoms with E-state index in [1.54, 1.807) is 24.3 Å². The molecule has 7 heteroatoms. The number of ketones is 1. The second-order valence-electron chi connectivity index (χ2n) is 5.08. The lowest BCUT2D eigenvalue weighted by atomic mass is 10.1. The van der Waals surface area contributed by atoms with Gasteiger partial charge in [-0.1, -0.05) is 6.07 Å². The molecular formula is C18H16BrFO5. The Morgan fingerprint density at radius 3 is 2.32 bits per heavy atom. The van der Waals surface area contributed by atoms with Crippen LogP contribution >= 0.6 is 15.9 Å². The second-order valence-corrected chi connectivity index (χ2v) is 5.93. The van der Waals surface area contributed by atoms with Gasteiger partial charge in [-0.15, -0.1) is 0 Å². The van der Waals surface area contributed by atoms with Gasteiger partial charge < -0.3 is 14.2 Å². The van der Waals surface area contributed by atoms with E-state index in [9.17, 15) is 14.0 Å². The van der Waals surface area contributed by atoms with Crippen LogP contribution in [0.4, 0.5) is 4.39 Å². The Balaban J connectivity index is 1.92. The first kappa shape index (κ1) is 18.9. The van der Waals surface area contributed by atoms with Crippen LogP contribution in [-0.4, -0.2) is 32.6 Å². The maximum absolute atomic E-state index is 13.6. The Morgan fingerprint density at radius 1 is 1.04 bits per heavy atom. The molecule has 0 aromatic heterocycles. The normalized spacial score (nSPS) is 10.2. The predicted octanol–water partition coefficient (Wildman–Crippen LogP) is 3.57. The molecule has 0 atom stereocenters. The van der Waals surface area contributed by atoms with E-state index >= 15 is 0 Å².